The van der Waals surface area contributed by atoms with E-state index in [1.165, 1.54) is 30.2 Å². The zero-order chi connectivity index (χ0) is 14.8. The summed E-state index contributed by atoms with van der Waals surface area (Å²) >= 11 is 0. The summed E-state index contributed by atoms with van der Waals surface area (Å²) in [6, 6.07) is 7.99. The van der Waals surface area contributed by atoms with Crippen LogP contribution in [0.15, 0.2) is 30.5 Å². The number of carboxylic acid groups (broad SMARTS) is 1. The lowest BCUT2D eigenvalue weighted by Gasteiger charge is -2.20. The van der Waals surface area contributed by atoms with E-state index in [2.05, 4.69) is 16.4 Å². The Morgan fingerprint density at radius 1 is 1.24 bits per heavy atom. The Bertz CT molecular complexity index is 695. The average Bonchev–Trinajstić information content (AvgIpc) is 2.47. The van der Waals surface area contributed by atoms with Gasteiger partial charge in [0, 0.05) is 17.6 Å². The average molecular weight is 282 g/mol. The number of fused-ring (bicyclic) bond motifs is 1. The molecule has 0 atom stereocenters. The first-order valence-electron chi connectivity index (χ1n) is 7.23. The Morgan fingerprint density at radius 2 is 2.05 bits per heavy atom. The smallest absolute Gasteiger partial charge is 0.339 e. The maximum atomic E-state index is 11.3. The molecule has 0 unspecified atom stereocenters. The zero-order valence-electron chi connectivity index (χ0n) is 12.0. The van der Waals surface area contributed by atoms with Crippen LogP contribution in [0.25, 0.3) is 0 Å². The molecule has 4 nitrogen and oxygen atoms in total. The van der Waals surface area contributed by atoms with Crippen LogP contribution in [0.3, 0.4) is 0 Å². The Kier molecular flexibility index (Phi) is 3.60. The van der Waals surface area contributed by atoms with Crippen LogP contribution in [0.4, 0.5) is 11.4 Å². The van der Waals surface area contributed by atoms with Gasteiger partial charge in [-0.3, -0.25) is 4.98 Å². The summed E-state index contributed by atoms with van der Waals surface area (Å²) in [5, 5.41) is 12.6. The molecule has 1 aliphatic rings. The van der Waals surface area contributed by atoms with E-state index in [0.717, 1.165) is 24.2 Å². The van der Waals surface area contributed by atoms with Gasteiger partial charge in [-0.25, -0.2) is 4.79 Å². The van der Waals surface area contributed by atoms with Crippen molar-refractivity contribution in [1.82, 2.24) is 4.98 Å². The van der Waals surface area contributed by atoms with Crippen molar-refractivity contribution in [3.05, 3.63) is 52.8 Å². The van der Waals surface area contributed by atoms with E-state index in [1.807, 2.05) is 19.1 Å². The van der Waals surface area contributed by atoms with Crippen LogP contribution in [0.2, 0.25) is 0 Å². The summed E-state index contributed by atoms with van der Waals surface area (Å²) < 4.78 is 0. The Balaban J connectivity index is 2.01. The number of aryl methyl sites for hydroxylation is 2. The van der Waals surface area contributed by atoms with Crippen molar-refractivity contribution in [2.45, 2.75) is 32.6 Å². The molecule has 108 valence electrons. The van der Waals surface area contributed by atoms with Gasteiger partial charge in [0.25, 0.3) is 0 Å². The van der Waals surface area contributed by atoms with Crippen LogP contribution in [0.1, 0.15) is 40.0 Å². The van der Waals surface area contributed by atoms with Crippen LogP contribution in [-0.4, -0.2) is 16.1 Å². The van der Waals surface area contributed by atoms with Gasteiger partial charge in [0.2, 0.25) is 0 Å². The molecular weight excluding hydrogens is 264 g/mol. The summed E-state index contributed by atoms with van der Waals surface area (Å²) in [7, 11) is 0. The van der Waals surface area contributed by atoms with Gasteiger partial charge < -0.3 is 10.4 Å². The highest BCUT2D eigenvalue weighted by Crippen LogP contribution is 2.31. The summed E-state index contributed by atoms with van der Waals surface area (Å²) in [6.07, 6.45) is 5.98. The first kappa shape index (κ1) is 13.6. The van der Waals surface area contributed by atoms with E-state index >= 15 is 0 Å². The molecule has 21 heavy (non-hydrogen) atoms. The number of hydrogen-bond donors (Lipinski definition) is 2. The molecule has 0 fully saturated rings. The number of carboxylic acids is 1. The third-order valence-electron chi connectivity index (χ3n) is 3.94. The molecule has 0 bridgehead atoms. The summed E-state index contributed by atoms with van der Waals surface area (Å²) in [5.74, 6) is -0.963. The molecule has 1 aromatic heterocycles. The lowest BCUT2D eigenvalue weighted by molar-refractivity contribution is 0.0697. The highest BCUT2D eigenvalue weighted by molar-refractivity contribution is 5.95. The number of rotatable bonds is 3. The van der Waals surface area contributed by atoms with Gasteiger partial charge in [0.1, 0.15) is 5.56 Å². The normalized spacial score (nSPS) is 13.6. The number of nitrogens with zero attached hydrogens (tertiary/aromatic N) is 1. The van der Waals surface area contributed by atoms with Crippen LogP contribution in [0.5, 0.6) is 0 Å². The molecular formula is C17H18N2O2. The summed E-state index contributed by atoms with van der Waals surface area (Å²) in [4.78, 5) is 15.4. The van der Waals surface area contributed by atoms with Crippen LogP contribution in [-0.2, 0) is 12.8 Å². The minimum Gasteiger partial charge on any atom is -0.478 e. The standard InChI is InChI=1S/C17H18N2O2/c1-11-9-16(14(10-18-11)17(20)21)19-15-8-4-6-12-5-2-3-7-13(12)15/h4,6,8-10H,2-3,5,7H2,1H3,(H,18,19)(H,20,21). The largest absolute Gasteiger partial charge is 0.478 e. The van der Waals surface area contributed by atoms with Crippen molar-refractivity contribution >= 4 is 17.3 Å². The van der Waals surface area contributed by atoms with Crippen LogP contribution in [0, 0.1) is 6.92 Å². The summed E-state index contributed by atoms with van der Waals surface area (Å²) in [6.45, 7) is 1.86. The van der Waals surface area contributed by atoms with Gasteiger partial charge in [0.15, 0.2) is 0 Å². The molecule has 3 rings (SSSR count). The molecule has 1 heterocycles. The molecule has 0 spiro atoms. The quantitative estimate of drug-likeness (QED) is 0.900. The van der Waals surface area contributed by atoms with Gasteiger partial charge in [0.05, 0.1) is 5.69 Å². The zero-order valence-corrected chi connectivity index (χ0v) is 12.0. The number of aromatic carboxylic acids is 1. The van der Waals surface area contributed by atoms with E-state index in [9.17, 15) is 9.90 Å². The van der Waals surface area contributed by atoms with Crippen molar-refractivity contribution in [3.8, 4) is 0 Å². The van der Waals surface area contributed by atoms with E-state index in [0.29, 0.717) is 5.69 Å². The Hall–Kier alpha value is -2.36. The van der Waals surface area contributed by atoms with Crippen molar-refractivity contribution in [2.24, 2.45) is 0 Å². The van der Waals surface area contributed by atoms with Crippen molar-refractivity contribution < 1.29 is 9.90 Å². The van der Waals surface area contributed by atoms with Crippen molar-refractivity contribution in [1.29, 1.82) is 0 Å². The van der Waals surface area contributed by atoms with Crippen molar-refractivity contribution in [2.75, 3.05) is 5.32 Å². The molecule has 4 heteroatoms. The molecule has 1 aromatic carbocycles. The highest BCUT2D eigenvalue weighted by atomic mass is 16.4. The van der Waals surface area contributed by atoms with Crippen LogP contribution < -0.4 is 5.32 Å². The predicted octanol–water partition coefficient (Wildman–Crippen LogP) is 3.71. The van der Waals surface area contributed by atoms with E-state index in [4.69, 9.17) is 0 Å². The Morgan fingerprint density at radius 3 is 2.86 bits per heavy atom. The summed E-state index contributed by atoms with van der Waals surface area (Å²) in [5.41, 5.74) is 5.30. The van der Waals surface area contributed by atoms with Crippen LogP contribution >= 0.6 is 0 Å². The fourth-order valence-electron chi connectivity index (χ4n) is 2.88. The van der Waals surface area contributed by atoms with E-state index in [1.54, 1.807) is 6.07 Å². The number of anilines is 2. The monoisotopic (exact) mass is 282 g/mol. The molecule has 0 saturated heterocycles. The van der Waals surface area contributed by atoms with Gasteiger partial charge in [-0.2, -0.15) is 0 Å². The minimum atomic E-state index is -0.963. The fourth-order valence-corrected chi connectivity index (χ4v) is 2.88. The lowest BCUT2D eigenvalue weighted by Crippen LogP contribution is -2.09. The van der Waals surface area contributed by atoms with Gasteiger partial charge >= 0.3 is 5.97 Å². The molecule has 2 N–H and O–H groups in total. The highest BCUT2D eigenvalue weighted by Gasteiger charge is 2.16. The molecule has 0 radical (unpaired) electrons. The predicted molar refractivity (Wildman–Crippen MR) is 82.3 cm³/mol. The van der Waals surface area contributed by atoms with Gasteiger partial charge in [-0.05, 0) is 55.9 Å². The second-order valence-corrected chi connectivity index (χ2v) is 5.45. The SMILES string of the molecule is Cc1cc(Nc2cccc3c2CCCC3)c(C(=O)O)cn1. The van der Waals surface area contributed by atoms with E-state index in [-0.39, 0.29) is 5.56 Å². The maximum Gasteiger partial charge on any atom is 0.339 e. The molecule has 0 saturated carbocycles. The molecule has 0 amide bonds. The second-order valence-electron chi connectivity index (χ2n) is 5.45. The third kappa shape index (κ3) is 2.75. The first-order valence-corrected chi connectivity index (χ1v) is 7.23. The third-order valence-corrected chi connectivity index (χ3v) is 3.94. The van der Waals surface area contributed by atoms with Crippen molar-refractivity contribution in [3.63, 3.8) is 0 Å². The fraction of sp³-hybridized carbons (Fsp3) is 0.294. The Labute approximate surface area is 123 Å². The number of pyridine rings is 1. The second kappa shape index (κ2) is 5.56. The number of hydrogen-bond acceptors (Lipinski definition) is 3. The minimum absolute atomic E-state index is 0.203. The number of carbonyl (C=O) groups is 1. The van der Waals surface area contributed by atoms with Gasteiger partial charge in [-0.15, -0.1) is 0 Å². The van der Waals surface area contributed by atoms with E-state index < -0.39 is 5.97 Å². The number of nitrogens with one attached hydrogen (secondary N) is 1. The maximum absolute atomic E-state index is 11.3. The first-order chi connectivity index (χ1) is 10.1. The number of benzene rings is 1. The molecule has 1 aliphatic carbocycles. The lowest BCUT2D eigenvalue weighted by atomic mass is 9.90. The number of aromatic nitrogens is 1. The molecule has 0 aliphatic heterocycles. The van der Waals surface area contributed by atoms with Gasteiger partial charge in [-0.1, -0.05) is 12.1 Å². The topological polar surface area (TPSA) is 62.2 Å². The molecule has 2 aromatic rings.